The predicted molar refractivity (Wildman–Crippen MR) is 194 cm³/mol. The van der Waals surface area contributed by atoms with Gasteiger partial charge in [0, 0.05) is 24.2 Å². The van der Waals surface area contributed by atoms with Crippen LogP contribution in [0.4, 0.5) is 0 Å². The highest BCUT2D eigenvalue weighted by molar-refractivity contribution is 5.19. The van der Waals surface area contributed by atoms with Crippen molar-refractivity contribution in [3.63, 3.8) is 0 Å². The van der Waals surface area contributed by atoms with Crippen LogP contribution in [0, 0.1) is 0 Å². The second-order valence-electron chi connectivity index (χ2n) is 14.7. The Morgan fingerprint density at radius 2 is 0.867 bits per heavy atom. The van der Waals surface area contributed by atoms with Crippen LogP contribution < -0.4 is 0 Å². The molecule has 0 bridgehead atoms. The van der Waals surface area contributed by atoms with E-state index in [4.69, 9.17) is 4.74 Å². The van der Waals surface area contributed by atoms with Gasteiger partial charge in [-0.15, -0.1) is 0 Å². The Bertz CT molecular complexity index is 930. The number of rotatable bonds is 22. The molecule has 2 fully saturated rings. The SMILES string of the molecule is CCCCCCCCCC1CC(OC2CC(CCCCCCCCC)N(C)C2Cc2ccccc2)C(Cc2ccccc2)N1C. The summed E-state index contributed by atoms with van der Waals surface area (Å²) in [6.45, 7) is 4.62. The Labute approximate surface area is 278 Å². The van der Waals surface area contributed by atoms with E-state index >= 15 is 0 Å². The molecule has 0 amide bonds. The molecule has 0 radical (unpaired) electrons. The Hall–Kier alpha value is -1.68. The molecule has 6 unspecified atom stereocenters. The van der Waals surface area contributed by atoms with Crippen LogP contribution in [0.2, 0.25) is 0 Å². The van der Waals surface area contributed by atoms with Gasteiger partial charge in [-0.05, 0) is 63.7 Å². The summed E-state index contributed by atoms with van der Waals surface area (Å²) in [6, 6.07) is 24.5. The minimum Gasteiger partial charge on any atom is -0.372 e. The van der Waals surface area contributed by atoms with Crippen molar-refractivity contribution < 1.29 is 4.74 Å². The first-order chi connectivity index (χ1) is 22.1. The zero-order valence-electron chi connectivity index (χ0n) is 29.7. The van der Waals surface area contributed by atoms with Gasteiger partial charge in [0.25, 0.3) is 0 Å². The summed E-state index contributed by atoms with van der Waals surface area (Å²) in [7, 11) is 4.79. The molecule has 0 N–H and O–H groups in total. The lowest BCUT2D eigenvalue weighted by molar-refractivity contribution is -0.0396. The minimum absolute atomic E-state index is 0.304. The molecule has 2 heterocycles. The lowest BCUT2D eigenvalue weighted by Crippen LogP contribution is -2.43. The van der Waals surface area contributed by atoms with Crippen molar-refractivity contribution in [2.24, 2.45) is 0 Å². The molecule has 2 aromatic carbocycles. The quantitative estimate of drug-likeness (QED) is 0.122. The predicted octanol–water partition coefficient (Wildman–Crippen LogP) is 10.7. The molecule has 6 atom stereocenters. The Kier molecular flexibility index (Phi) is 16.5. The van der Waals surface area contributed by atoms with E-state index in [9.17, 15) is 0 Å². The summed E-state index contributed by atoms with van der Waals surface area (Å²) in [5, 5.41) is 0. The smallest absolute Gasteiger partial charge is 0.0752 e. The van der Waals surface area contributed by atoms with Gasteiger partial charge < -0.3 is 4.74 Å². The standard InChI is InChI=1S/C42H68N2O/c1-5-7-9-11-13-15-23-29-37-33-41(39(43(37)3)31-35-25-19-17-20-26-35)45-42-34-38(30-24-16-14-12-10-8-6-2)44(4)40(42)32-36-27-21-18-22-28-36/h17-22,25-28,37-42H,5-16,23-24,29-34H2,1-4H3. The molecule has 45 heavy (non-hydrogen) atoms. The normalized spacial score (nSPS) is 25.8. The summed E-state index contributed by atoms with van der Waals surface area (Å²) in [5.74, 6) is 0. The molecule has 2 saturated heterocycles. The van der Waals surface area contributed by atoms with Crippen molar-refractivity contribution in [3.05, 3.63) is 71.8 Å². The number of benzene rings is 2. The van der Waals surface area contributed by atoms with Crippen LogP contribution in [-0.2, 0) is 17.6 Å². The van der Waals surface area contributed by atoms with E-state index in [2.05, 4.69) is 98.4 Å². The number of nitrogens with zero attached hydrogens (tertiary/aromatic N) is 2. The molecule has 0 saturated carbocycles. The third-order valence-corrected chi connectivity index (χ3v) is 11.3. The maximum Gasteiger partial charge on any atom is 0.0752 e. The average Bonchev–Trinajstić information content (AvgIpc) is 3.51. The second kappa shape index (κ2) is 20.5. The first-order valence-electron chi connectivity index (χ1n) is 19.3. The molecular weight excluding hydrogens is 548 g/mol. The largest absolute Gasteiger partial charge is 0.372 e. The Balaban J connectivity index is 1.40. The van der Waals surface area contributed by atoms with Gasteiger partial charge in [0.15, 0.2) is 0 Å². The summed E-state index contributed by atoms with van der Waals surface area (Å²) in [6.07, 6.45) is 27.2. The first-order valence-corrected chi connectivity index (χ1v) is 19.3. The summed E-state index contributed by atoms with van der Waals surface area (Å²) in [5.41, 5.74) is 2.89. The molecule has 0 spiro atoms. The topological polar surface area (TPSA) is 15.7 Å². The molecule has 0 aromatic heterocycles. The van der Waals surface area contributed by atoms with Gasteiger partial charge in [0.2, 0.25) is 0 Å². The van der Waals surface area contributed by atoms with Crippen molar-refractivity contribution in [2.75, 3.05) is 14.1 Å². The van der Waals surface area contributed by atoms with Crippen LogP contribution in [-0.4, -0.2) is 60.3 Å². The third-order valence-electron chi connectivity index (χ3n) is 11.3. The molecular formula is C42H68N2O. The highest BCUT2D eigenvalue weighted by Gasteiger charge is 2.45. The van der Waals surface area contributed by atoms with Crippen LogP contribution >= 0.6 is 0 Å². The fourth-order valence-corrected chi connectivity index (χ4v) is 8.35. The van der Waals surface area contributed by atoms with Crippen LogP contribution in [0.25, 0.3) is 0 Å². The monoisotopic (exact) mass is 617 g/mol. The fourth-order valence-electron chi connectivity index (χ4n) is 8.35. The maximum atomic E-state index is 7.40. The van der Waals surface area contributed by atoms with Crippen LogP contribution in [0.3, 0.4) is 0 Å². The Morgan fingerprint density at radius 1 is 0.511 bits per heavy atom. The van der Waals surface area contributed by atoms with Gasteiger partial charge in [-0.1, -0.05) is 164 Å². The van der Waals surface area contributed by atoms with Crippen molar-refractivity contribution >= 4 is 0 Å². The van der Waals surface area contributed by atoms with Crippen LogP contribution in [0.1, 0.15) is 141 Å². The highest BCUT2D eigenvalue weighted by atomic mass is 16.5. The number of unbranched alkanes of at least 4 members (excludes halogenated alkanes) is 12. The van der Waals surface area contributed by atoms with Crippen LogP contribution in [0.5, 0.6) is 0 Å². The van der Waals surface area contributed by atoms with Gasteiger partial charge in [-0.3, -0.25) is 9.80 Å². The minimum atomic E-state index is 0.304. The maximum absolute atomic E-state index is 7.40. The van der Waals surface area contributed by atoms with Crippen molar-refractivity contribution in [1.82, 2.24) is 9.80 Å². The number of likely N-dealkylation sites (N-methyl/N-ethyl adjacent to an activating group) is 2. The van der Waals surface area contributed by atoms with E-state index in [1.807, 2.05) is 0 Å². The zero-order chi connectivity index (χ0) is 31.7. The van der Waals surface area contributed by atoms with E-state index in [1.54, 1.807) is 0 Å². The third kappa shape index (κ3) is 11.8. The molecule has 252 valence electrons. The molecule has 2 aliphatic heterocycles. The van der Waals surface area contributed by atoms with E-state index in [0.29, 0.717) is 36.4 Å². The molecule has 3 heteroatoms. The highest BCUT2D eigenvalue weighted by Crippen LogP contribution is 2.37. The number of likely N-dealkylation sites (tertiary alicyclic amines) is 2. The van der Waals surface area contributed by atoms with Crippen molar-refractivity contribution in [3.8, 4) is 0 Å². The van der Waals surface area contributed by atoms with Gasteiger partial charge >= 0.3 is 0 Å². The van der Waals surface area contributed by atoms with Gasteiger partial charge in [-0.2, -0.15) is 0 Å². The van der Waals surface area contributed by atoms with Crippen molar-refractivity contribution in [1.29, 1.82) is 0 Å². The van der Waals surface area contributed by atoms with Crippen molar-refractivity contribution in [2.45, 2.75) is 179 Å². The Morgan fingerprint density at radius 3 is 1.24 bits per heavy atom. The average molecular weight is 617 g/mol. The fraction of sp³-hybridized carbons (Fsp3) is 0.714. The summed E-state index contributed by atoms with van der Waals surface area (Å²) in [4.78, 5) is 5.44. The van der Waals surface area contributed by atoms with Crippen LogP contribution in [0.15, 0.2) is 60.7 Å². The molecule has 4 rings (SSSR count). The van der Waals surface area contributed by atoms with E-state index in [1.165, 1.54) is 127 Å². The van der Waals surface area contributed by atoms with E-state index < -0.39 is 0 Å². The van der Waals surface area contributed by atoms with Gasteiger partial charge in [-0.25, -0.2) is 0 Å². The molecule has 0 aliphatic carbocycles. The van der Waals surface area contributed by atoms with Gasteiger partial charge in [0.1, 0.15) is 0 Å². The summed E-state index contributed by atoms with van der Waals surface area (Å²) < 4.78 is 7.40. The van der Waals surface area contributed by atoms with E-state index in [0.717, 1.165) is 12.8 Å². The first kappa shape index (κ1) is 36.2. The zero-order valence-corrected chi connectivity index (χ0v) is 29.7. The number of hydrogen-bond acceptors (Lipinski definition) is 3. The number of ether oxygens (including phenoxy) is 1. The molecule has 3 nitrogen and oxygen atoms in total. The lowest BCUT2D eigenvalue weighted by atomic mass is 9.98. The lowest BCUT2D eigenvalue weighted by Gasteiger charge is -2.32. The number of hydrogen-bond donors (Lipinski definition) is 0. The molecule has 2 aromatic rings. The second-order valence-corrected chi connectivity index (χ2v) is 14.7. The molecule has 2 aliphatic rings. The van der Waals surface area contributed by atoms with Gasteiger partial charge in [0.05, 0.1) is 12.2 Å². The summed E-state index contributed by atoms with van der Waals surface area (Å²) >= 11 is 0. The van der Waals surface area contributed by atoms with E-state index in [-0.39, 0.29) is 0 Å².